The Morgan fingerprint density at radius 1 is 1.31 bits per heavy atom. The van der Waals surface area contributed by atoms with E-state index in [0.717, 1.165) is 23.7 Å². The quantitative estimate of drug-likeness (QED) is 0.791. The van der Waals surface area contributed by atoms with E-state index in [-0.39, 0.29) is 5.78 Å². The van der Waals surface area contributed by atoms with Crippen LogP contribution in [0.3, 0.4) is 0 Å². The van der Waals surface area contributed by atoms with Crippen molar-refractivity contribution in [3.05, 3.63) is 10.6 Å². The van der Waals surface area contributed by atoms with E-state index < -0.39 is 0 Å². The molecule has 0 radical (unpaired) electrons. The van der Waals surface area contributed by atoms with Crippen molar-refractivity contribution < 1.29 is 4.79 Å². The second-order valence-electron chi connectivity index (χ2n) is 4.74. The molecule has 0 bridgehead atoms. The third kappa shape index (κ3) is 1.56. The largest absolute Gasteiger partial charge is 0.348 e. The molecule has 0 spiro atoms. The number of hydrogen-bond donors (Lipinski definition) is 0. The summed E-state index contributed by atoms with van der Waals surface area (Å²) in [5.74, 6) is 0.241. The zero-order chi connectivity index (χ0) is 11.1. The van der Waals surface area contributed by atoms with E-state index in [1.807, 2.05) is 0 Å². The van der Waals surface area contributed by atoms with Crippen molar-refractivity contribution in [3.63, 3.8) is 0 Å². The van der Waals surface area contributed by atoms with Gasteiger partial charge in [0.25, 0.3) is 0 Å². The second kappa shape index (κ2) is 3.84. The van der Waals surface area contributed by atoms with Crippen LogP contribution in [0.1, 0.15) is 47.5 Å². The molecule has 0 amide bonds. The molecule has 0 atom stereocenters. The maximum Gasteiger partial charge on any atom is 0.186 e. The maximum absolute atomic E-state index is 11.7. The number of ketones is 1. The normalized spacial score (nSPS) is 20.4. The number of carbonyl (C=O) groups is 1. The van der Waals surface area contributed by atoms with Gasteiger partial charge in [-0.1, -0.05) is 0 Å². The minimum atomic E-state index is 0.241. The highest BCUT2D eigenvalue weighted by atomic mass is 32.1. The van der Waals surface area contributed by atoms with Crippen molar-refractivity contribution in [1.29, 1.82) is 0 Å². The van der Waals surface area contributed by atoms with E-state index >= 15 is 0 Å². The van der Waals surface area contributed by atoms with Gasteiger partial charge in [0.05, 0.1) is 0 Å². The van der Waals surface area contributed by atoms with Crippen LogP contribution in [0.2, 0.25) is 0 Å². The van der Waals surface area contributed by atoms with Crippen molar-refractivity contribution in [3.8, 4) is 0 Å². The lowest BCUT2D eigenvalue weighted by Crippen LogP contribution is -2.37. The smallest absolute Gasteiger partial charge is 0.186 e. The molecule has 3 rings (SSSR count). The third-order valence-electron chi connectivity index (χ3n) is 3.68. The monoisotopic (exact) mass is 236 g/mol. The lowest BCUT2D eigenvalue weighted by molar-refractivity contribution is 0.0968. The zero-order valence-corrected chi connectivity index (χ0v) is 10.3. The van der Waals surface area contributed by atoms with Gasteiger partial charge in [-0.15, -0.1) is 11.3 Å². The van der Waals surface area contributed by atoms with E-state index in [2.05, 4.69) is 16.9 Å². The summed E-state index contributed by atoms with van der Waals surface area (Å²) in [4.78, 5) is 19.7. The summed E-state index contributed by atoms with van der Waals surface area (Å²) in [5, 5.41) is 1.05. The molecule has 16 heavy (non-hydrogen) atoms. The van der Waals surface area contributed by atoms with Gasteiger partial charge in [0, 0.05) is 24.4 Å². The van der Waals surface area contributed by atoms with Crippen LogP contribution in [-0.4, -0.2) is 23.9 Å². The molecule has 2 aliphatic carbocycles. The van der Waals surface area contributed by atoms with Gasteiger partial charge < -0.3 is 4.90 Å². The molecular formula is C12H16N2OS. The Kier molecular flexibility index (Phi) is 2.46. The molecule has 3 nitrogen and oxygen atoms in total. The summed E-state index contributed by atoms with van der Waals surface area (Å²) in [6.45, 7) is 0. The molecule has 86 valence electrons. The summed E-state index contributed by atoms with van der Waals surface area (Å²) in [6.07, 6.45) is 6.60. The number of thiazole rings is 1. The van der Waals surface area contributed by atoms with E-state index in [1.54, 1.807) is 11.3 Å². The first-order valence-electron chi connectivity index (χ1n) is 6.01. The lowest BCUT2D eigenvalue weighted by atomic mass is 9.92. The number of carbonyl (C=O) groups excluding carboxylic acids is 1. The number of fused-ring (bicyclic) bond motifs is 1. The number of hydrogen-bond acceptors (Lipinski definition) is 4. The fraction of sp³-hybridized carbons (Fsp3) is 0.667. The summed E-state index contributed by atoms with van der Waals surface area (Å²) >= 11 is 1.72. The average Bonchev–Trinajstić information content (AvgIpc) is 2.60. The molecule has 0 unspecified atom stereocenters. The molecule has 0 aliphatic heterocycles. The fourth-order valence-electron chi connectivity index (χ4n) is 2.34. The van der Waals surface area contributed by atoms with Crippen molar-refractivity contribution in [2.75, 3.05) is 11.9 Å². The topological polar surface area (TPSA) is 33.2 Å². The molecular weight excluding hydrogens is 220 g/mol. The molecule has 2 aliphatic rings. The predicted molar refractivity (Wildman–Crippen MR) is 65.4 cm³/mol. The van der Waals surface area contributed by atoms with Gasteiger partial charge in [0.15, 0.2) is 10.9 Å². The minimum Gasteiger partial charge on any atom is -0.348 e. The molecule has 0 aromatic carbocycles. The van der Waals surface area contributed by atoms with Crippen LogP contribution >= 0.6 is 11.3 Å². The second-order valence-corrected chi connectivity index (χ2v) is 5.80. The number of nitrogens with zero attached hydrogens (tertiary/aromatic N) is 2. The molecule has 1 heterocycles. The van der Waals surface area contributed by atoms with Gasteiger partial charge in [-0.3, -0.25) is 4.79 Å². The number of anilines is 1. The van der Waals surface area contributed by atoms with Crippen LogP contribution < -0.4 is 4.90 Å². The minimum absolute atomic E-state index is 0.241. The Bertz CT molecular complexity index is 423. The van der Waals surface area contributed by atoms with Crippen LogP contribution in [0.5, 0.6) is 0 Å². The summed E-state index contributed by atoms with van der Waals surface area (Å²) in [6, 6.07) is 0.655. The lowest BCUT2D eigenvalue weighted by Gasteiger charge is -2.34. The molecule has 1 fully saturated rings. The molecule has 1 saturated carbocycles. The first-order chi connectivity index (χ1) is 7.75. The van der Waals surface area contributed by atoms with E-state index in [0.29, 0.717) is 12.5 Å². The van der Waals surface area contributed by atoms with Gasteiger partial charge in [0.2, 0.25) is 0 Å². The Hall–Kier alpha value is -0.900. The third-order valence-corrected chi connectivity index (χ3v) is 4.89. The highest BCUT2D eigenvalue weighted by molar-refractivity contribution is 7.16. The Labute approximate surface area is 99.5 Å². The molecule has 1 aromatic rings. The van der Waals surface area contributed by atoms with Crippen molar-refractivity contribution in [2.24, 2.45) is 0 Å². The van der Waals surface area contributed by atoms with Gasteiger partial charge in [-0.2, -0.15) is 0 Å². The first kappa shape index (κ1) is 10.3. The summed E-state index contributed by atoms with van der Waals surface area (Å²) in [5.41, 5.74) is 0.762. The van der Waals surface area contributed by atoms with Crippen LogP contribution in [0.15, 0.2) is 0 Å². The van der Waals surface area contributed by atoms with Gasteiger partial charge in [-0.05, 0) is 32.1 Å². The van der Waals surface area contributed by atoms with Gasteiger partial charge in [-0.25, -0.2) is 4.98 Å². The van der Waals surface area contributed by atoms with Crippen molar-refractivity contribution in [1.82, 2.24) is 4.98 Å². The van der Waals surface area contributed by atoms with E-state index in [1.165, 1.54) is 24.1 Å². The molecule has 1 aromatic heterocycles. The highest BCUT2D eigenvalue weighted by Crippen LogP contribution is 2.35. The summed E-state index contributed by atoms with van der Waals surface area (Å²) in [7, 11) is 2.11. The Morgan fingerprint density at radius 3 is 2.75 bits per heavy atom. The highest BCUT2D eigenvalue weighted by Gasteiger charge is 2.28. The molecule has 0 saturated heterocycles. The maximum atomic E-state index is 11.7. The van der Waals surface area contributed by atoms with Gasteiger partial charge >= 0.3 is 0 Å². The number of aryl methyl sites for hydroxylation is 1. The predicted octanol–water partition coefficient (Wildman–Crippen LogP) is 2.65. The SMILES string of the molecule is CN(c1nc2c(s1)CCCC2=O)C1CCC1. The molecule has 0 N–H and O–H groups in total. The van der Waals surface area contributed by atoms with Crippen LogP contribution in [0.25, 0.3) is 0 Å². The molecule has 4 heteroatoms. The number of rotatable bonds is 2. The standard InChI is InChI=1S/C12H16N2OS/c1-14(8-4-2-5-8)12-13-11-9(15)6-3-7-10(11)16-12/h8H,2-7H2,1H3. The number of Topliss-reactive ketones (excluding diaryl/α,β-unsaturated/α-hetero) is 1. The Balaban J connectivity index is 1.88. The average molecular weight is 236 g/mol. The van der Waals surface area contributed by atoms with Crippen LogP contribution in [0, 0.1) is 0 Å². The van der Waals surface area contributed by atoms with E-state index in [4.69, 9.17) is 0 Å². The first-order valence-corrected chi connectivity index (χ1v) is 6.83. The summed E-state index contributed by atoms with van der Waals surface area (Å²) < 4.78 is 0. The van der Waals surface area contributed by atoms with Crippen LogP contribution in [0.4, 0.5) is 5.13 Å². The fourth-order valence-corrected chi connectivity index (χ4v) is 3.49. The zero-order valence-electron chi connectivity index (χ0n) is 9.53. The van der Waals surface area contributed by atoms with Crippen molar-refractivity contribution >= 4 is 22.3 Å². The number of aromatic nitrogens is 1. The Morgan fingerprint density at radius 2 is 2.12 bits per heavy atom. The van der Waals surface area contributed by atoms with E-state index in [9.17, 15) is 4.79 Å². The van der Waals surface area contributed by atoms with Crippen LogP contribution in [-0.2, 0) is 6.42 Å². The van der Waals surface area contributed by atoms with Crippen molar-refractivity contribution in [2.45, 2.75) is 44.6 Å². The van der Waals surface area contributed by atoms with Gasteiger partial charge in [0.1, 0.15) is 5.69 Å².